The summed E-state index contributed by atoms with van der Waals surface area (Å²) >= 11 is 0. The van der Waals surface area contributed by atoms with Gasteiger partial charge in [0, 0.05) is 12.4 Å². The van der Waals surface area contributed by atoms with Gasteiger partial charge < -0.3 is 5.32 Å². The number of nitrogens with one attached hydrogen (secondary N) is 2. The molecule has 8 heteroatoms. The van der Waals surface area contributed by atoms with Crippen LogP contribution in [0.3, 0.4) is 0 Å². The number of carbonyl (C=O) groups is 1. The summed E-state index contributed by atoms with van der Waals surface area (Å²) in [5.74, 6) is 0.431. The van der Waals surface area contributed by atoms with Gasteiger partial charge in [0.15, 0.2) is 0 Å². The van der Waals surface area contributed by atoms with Crippen LogP contribution >= 0.6 is 0 Å². The molecule has 0 aliphatic rings. The number of rotatable bonds is 2. The van der Waals surface area contributed by atoms with Crippen LogP contribution in [0.1, 0.15) is 27.4 Å². The van der Waals surface area contributed by atoms with E-state index in [4.69, 9.17) is 0 Å². The molecule has 0 bridgehead atoms. The van der Waals surface area contributed by atoms with Gasteiger partial charge in [-0.2, -0.15) is 9.50 Å². The topological polar surface area (TPSA) is 105 Å². The average molecular weight is 298 g/mol. The third-order valence-electron chi connectivity index (χ3n) is 3.16. The first-order valence-corrected chi connectivity index (χ1v) is 6.64. The first-order chi connectivity index (χ1) is 10.5. The number of nitrogens with zero attached hydrogens (tertiary/aromatic N) is 4. The Balaban J connectivity index is 2.03. The molecule has 0 saturated carbocycles. The van der Waals surface area contributed by atoms with E-state index in [1.54, 1.807) is 26.1 Å². The molecule has 3 heterocycles. The number of H-pyrrole nitrogens is 1. The molecule has 8 nitrogen and oxygen atoms in total. The molecule has 0 aliphatic heterocycles. The lowest BCUT2D eigenvalue weighted by molar-refractivity contribution is 0.102. The zero-order valence-corrected chi connectivity index (χ0v) is 12.3. The molecule has 0 aromatic carbocycles. The van der Waals surface area contributed by atoms with Crippen molar-refractivity contribution in [2.45, 2.75) is 20.8 Å². The molecule has 2 N–H and O–H groups in total. The number of carbonyl (C=O) groups excluding carboxylic acids is 1. The van der Waals surface area contributed by atoms with Crippen molar-refractivity contribution in [1.29, 1.82) is 0 Å². The molecule has 3 aromatic rings. The normalized spacial score (nSPS) is 10.9. The van der Waals surface area contributed by atoms with Crippen molar-refractivity contribution in [2.24, 2.45) is 0 Å². The average Bonchev–Trinajstić information content (AvgIpc) is 2.84. The summed E-state index contributed by atoms with van der Waals surface area (Å²) in [5, 5.41) is 5.38. The molecule has 0 unspecified atom stereocenters. The molecule has 112 valence electrons. The van der Waals surface area contributed by atoms with Crippen LogP contribution in [0.4, 0.5) is 5.69 Å². The quantitative estimate of drug-likeness (QED) is 0.734. The molecule has 0 radical (unpaired) electrons. The van der Waals surface area contributed by atoms with E-state index in [1.807, 2.05) is 6.92 Å². The van der Waals surface area contributed by atoms with Gasteiger partial charge in [0.2, 0.25) is 0 Å². The maximum atomic E-state index is 12.4. The number of amides is 1. The minimum atomic E-state index is -0.408. The second-order valence-corrected chi connectivity index (χ2v) is 5.03. The van der Waals surface area contributed by atoms with Gasteiger partial charge >= 0.3 is 0 Å². The molecule has 0 aliphatic carbocycles. The molecule has 22 heavy (non-hydrogen) atoms. The summed E-state index contributed by atoms with van der Waals surface area (Å²) < 4.78 is 1.20. The predicted molar refractivity (Wildman–Crippen MR) is 80.0 cm³/mol. The second kappa shape index (κ2) is 5.06. The third kappa shape index (κ3) is 2.34. The summed E-state index contributed by atoms with van der Waals surface area (Å²) in [6.45, 7) is 5.21. The lowest BCUT2D eigenvalue weighted by atomic mass is 10.2. The molecule has 0 atom stereocenters. The van der Waals surface area contributed by atoms with E-state index < -0.39 is 11.5 Å². The molecule has 3 rings (SSSR count). The van der Waals surface area contributed by atoms with Gasteiger partial charge in [-0.15, -0.1) is 0 Å². The predicted octanol–water partition coefficient (Wildman–Crippen LogP) is 0.990. The number of hydrogen-bond donors (Lipinski definition) is 2. The highest BCUT2D eigenvalue weighted by Gasteiger charge is 2.16. The summed E-state index contributed by atoms with van der Waals surface area (Å²) in [4.78, 5) is 37.0. The largest absolute Gasteiger partial charge is 0.316 e. The summed E-state index contributed by atoms with van der Waals surface area (Å²) in [6.07, 6.45) is 3.10. The van der Waals surface area contributed by atoms with E-state index in [0.717, 1.165) is 5.56 Å². The fraction of sp³-hybridized carbons (Fsp3) is 0.214. The minimum absolute atomic E-state index is 0.118. The van der Waals surface area contributed by atoms with Crippen LogP contribution in [0, 0.1) is 20.8 Å². The Morgan fingerprint density at radius 1 is 1.23 bits per heavy atom. The van der Waals surface area contributed by atoms with Crippen molar-refractivity contribution < 1.29 is 4.79 Å². The van der Waals surface area contributed by atoms with Crippen molar-refractivity contribution in [3.05, 3.63) is 51.5 Å². The molecular weight excluding hydrogens is 284 g/mol. The van der Waals surface area contributed by atoms with Crippen LogP contribution in [-0.4, -0.2) is 30.5 Å². The van der Waals surface area contributed by atoms with Crippen molar-refractivity contribution in [2.75, 3.05) is 5.32 Å². The second-order valence-electron chi connectivity index (χ2n) is 5.03. The van der Waals surface area contributed by atoms with Gasteiger partial charge in [-0.3, -0.25) is 19.7 Å². The number of pyridine rings is 1. The van der Waals surface area contributed by atoms with E-state index in [2.05, 4.69) is 25.4 Å². The van der Waals surface area contributed by atoms with Gasteiger partial charge in [0.25, 0.3) is 17.2 Å². The summed E-state index contributed by atoms with van der Waals surface area (Å²) in [7, 11) is 0. The van der Waals surface area contributed by atoms with Gasteiger partial charge in [0.1, 0.15) is 11.5 Å². The van der Waals surface area contributed by atoms with Crippen LogP contribution in [0.15, 0.2) is 23.3 Å². The van der Waals surface area contributed by atoms with Gasteiger partial charge in [-0.1, -0.05) is 0 Å². The Labute approximate surface area is 125 Å². The molecule has 1 amide bonds. The molecular formula is C14H14N6O2. The highest BCUT2D eigenvalue weighted by atomic mass is 16.2. The number of aryl methyl sites for hydroxylation is 3. The van der Waals surface area contributed by atoms with E-state index in [9.17, 15) is 9.59 Å². The molecule has 0 fully saturated rings. The highest BCUT2D eigenvalue weighted by Crippen LogP contribution is 2.10. The zero-order chi connectivity index (χ0) is 15.9. The van der Waals surface area contributed by atoms with Gasteiger partial charge in [0.05, 0.1) is 11.3 Å². The van der Waals surface area contributed by atoms with Crippen molar-refractivity contribution in [3.8, 4) is 0 Å². The van der Waals surface area contributed by atoms with Crippen LogP contribution in [0.5, 0.6) is 0 Å². The Hall–Kier alpha value is -3.03. The summed E-state index contributed by atoms with van der Waals surface area (Å²) in [6, 6.07) is 1.70. The minimum Gasteiger partial charge on any atom is -0.316 e. The first kappa shape index (κ1) is 13.9. The smallest absolute Gasteiger partial charge is 0.298 e. The van der Waals surface area contributed by atoms with Crippen LogP contribution < -0.4 is 10.9 Å². The van der Waals surface area contributed by atoms with Gasteiger partial charge in [-0.05, 0) is 32.4 Å². The first-order valence-electron chi connectivity index (χ1n) is 6.64. The SMILES string of the molecule is Cc1cncc(C(=O)Nc2c(C)nc3nc(C)[nH]n3c2=O)c1. The Kier molecular flexibility index (Phi) is 3.21. The standard InChI is InChI=1S/C14H14N6O2/c1-7-4-10(6-15-5-7)12(21)18-11-8(2)16-14-17-9(3)19-20(14)13(11)22/h4-6H,1-3H3,(H,18,21)(H,16,17,19). The Morgan fingerprint density at radius 2 is 2.00 bits per heavy atom. The monoisotopic (exact) mass is 298 g/mol. The Bertz CT molecular complexity index is 940. The van der Waals surface area contributed by atoms with Crippen LogP contribution in [0.2, 0.25) is 0 Å². The Morgan fingerprint density at radius 3 is 2.73 bits per heavy atom. The van der Waals surface area contributed by atoms with Crippen molar-refractivity contribution in [3.63, 3.8) is 0 Å². The maximum absolute atomic E-state index is 12.4. The molecule has 3 aromatic heterocycles. The fourth-order valence-corrected chi connectivity index (χ4v) is 2.13. The van der Waals surface area contributed by atoms with E-state index in [0.29, 0.717) is 17.1 Å². The van der Waals surface area contributed by atoms with Crippen molar-refractivity contribution in [1.82, 2.24) is 24.6 Å². The zero-order valence-electron chi connectivity index (χ0n) is 12.3. The number of fused-ring (bicyclic) bond motifs is 1. The third-order valence-corrected chi connectivity index (χ3v) is 3.16. The van der Waals surface area contributed by atoms with Crippen molar-refractivity contribution >= 4 is 17.4 Å². The number of hydrogen-bond acceptors (Lipinski definition) is 5. The van der Waals surface area contributed by atoms with E-state index in [-0.39, 0.29) is 11.5 Å². The lowest BCUT2D eigenvalue weighted by Crippen LogP contribution is -2.25. The van der Waals surface area contributed by atoms with Crippen LogP contribution in [-0.2, 0) is 0 Å². The number of aromatic amines is 1. The van der Waals surface area contributed by atoms with E-state index >= 15 is 0 Å². The molecule has 0 spiro atoms. The number of aromatic nitrogens is 5. The molecule has 0 saturated heterocycles. The fourth-order valence-electron chi connectivity index (χ4n) is 2.13. The lowest BCUT2D eigenvalue weighted by Gasteiger charge is -2.07. The van der Waals surface area contributed by atoms with E-state index in [1.165, 1.54) is 10.7 Å². The highest BCUT2D eigenvalue weighted by molar-refractivity contribution is 6.04. The number of anilines is 1. The summed E-state index contributed by atoms with van der Waals surface area (Å²) in [5.41, 5.74) is 1.36. The maximum Gasteiger partial charge on any atom is 0.298 e. The van der Waals surface area contributed by atoms with Gasteiger partial charge in [-0.25, -0.2) is 4.98 Å². The van der Waals surface area contributed by atoms with Crippen LogP contribution in [0.25, 0.3) is 5.78 Å².